The molecule has 2 aliphatic heterocycles. The summed E-state index contributed by atoms with van der Waals surface area (Å²) >= 11 is 0. The SMILES string of the molecule is CCCCOC(=O)N[C@H]1C[C@@H](N2Cc3nc(-c4nc(C)nn4C)n(CC)c3C2)CO[C@@H]1c1cc(F)ccc1F. The Balaban J connectivity index is 1.35. The van der Waals surface area contributed by atoms with Crippen LogP contribution in [0.3, 0.4) is 0 Å². The highest BCUT2D eigenvalue weighted by Gasteiger charge is 2.40. The highest BCUT2D eigenvalue weighted by atomic mass is 19.1. The van der Waals surface area contributed by atoms with Gasteiger partial charge >= 0.3 is 6.09 Å². The van der Waals surface area contributed by atoms with Gasteiger partial charge in [-0.15, -0.1) is 0 Å². The number of hydrogen-bond donors (Lipinski definition) is 1. The second-order valence-electron chi connectivity index (χ2n) is 10.1. The molecule has 3 atom stereocenters. The van der Waals surface area contributed by atoms with Gasteiger partial charge in [0.25, 0.3) is 0 Å². The lowest BCUT2D eigenvalue weighted by atomic mass is 9.92. The quantitative estimate of drug-likeness (QED) is 0.429. The summed E-state index contributed by atoms with van der Waals surface area (Å²) in [5.41, 5.74) is 2.16. The Labute approximate surface area is 226 Å². The van der Waals surface area contributed by atoms with E-state index in [9.17, 15) is 13.6 Å². The van der Waals surface area contributed by atoms with E-state index in [4.69, 9.17) is 14.5 Å². The Morgan fingerprint density at radius 2 is 2.03 bits per heavy atom. The van der Waals surface area contributed by atoms with Gasteiger partial charge in [-0.3, -0.25) is 4.90 Å². The summed E-state index contributed by atoms with van der Waals surface area (Å²) in [7, 11) is 1.86. The molecule has 2 aliphatic rings. The van der Waals surface area contributed by atoms with Crippen molar-refractivity contribution in [2.45, 2.75) is 77.9 Å². The molecule has 39 heavy (non-hydrogen) atoms. The summed E-state index contributed by atoms with van der Waals surface area (Å²) in [5, 5.41) is 7.23. The fourth-order valence-electron chi connectivity index (χ4n) is 5.50. The molecule has 4 heterocycles. The molecule has 12 heteroatoms. The molecule has 0 aliphatic carbocycles. The minimum Gasteiger partial charge on any atom is -0.450 e. The van der Waals surface area contributed by atoms with Gasteiger partial charge in [0.05, 0.1) is 30.6 Å². The highest BCUT2D eigenvalue weighted by Crippen LogP contribution is 2.36. The molecule has 2 aromatic heterocycles. The number of unbranched alkanes of at least 4 members (excludes halogenated alkanes) is 1. The first kappa shape index (κ1) is 27.2. The van der Waals surface area contributed by atoms with Gasteiger partial charge in [0.1, 0.15) is 23.6 Å². The molecule has 0 spiro atoms. The number of nitrogens with one attached hydrogen (secondary N) is 1. The van der Waals surface area contributed by atoms with Crippen LogP contribution in [0.1, 0.15) is 62.0 Å². The first-order valence-electron chi connectivity index (χ1n) is 13.5. The first-order chi connectivity index (χ1) is 18.8. The molecule has 1 amide bonds. The highest BCUT2D eigenvalue weighted by molar-refractivity contribution is 5.67. The molecule has 1 aromatic carbocycles. The van der Waals surface area contributed by atoms with Crippen molar-refractivity contribution in [3.63, 3.8) is 0 Å². The number of ether oxygens (including phenoxy) is 2. The number of carbonyl (C=O) groups is 1. The Kier molecular flexibility index (Phi) is 7.94. The van der Waals surface area contributed by atoms with E-state index >= 15 is 0 Å². The van der Waals surface area contributed by atoms with E-state index in [1.54, 1.807) is 4.68 Å². The summed E-state index contributed by atoms with van der Waals surface area (Å²) in [6.45, 7) is 8.51. The molecule has 0 radical (unpaired) electrons. The minimum atomic E-state index is -0.839. The van der Waals surface area contributed by atoms with Crippen molar-refractivity contribution in [2.24, 2.45) is 7.05 Å². The van der Waals surface area contributed by atoms with Crippen LogP contribution in [-0.2, 0) is 36.2 Å². The number of carbonyl (C=O) groups excluding carboxylic acids is 1. The Hall–Kier alpha value is -3.38. The van der Waals surface area contributed by atoms with Crippen molar-refractivity contribution in [3.05, 3.63) is 52.6 Å². The van der Waals surface area contributed by atoms with Gasteiger partial charge in [0.2, 0.25) is 0 Å². The van der Waals surface area contributed by atoms with Gasteiger partial charge in [0.15, 0.2) is 11.6 Å². The number of imidazole rings is 1. The molecule has 1 fully saturated rings. The predicted octanol–water partition coefficient (Wildman–Crippen LogP) is 4.03. The standard InChI is InChI=1S/C27H35F2N7O3/c1-5-7-10-38-27(37)32-21-12-18(15-39-24(21)19-11-17(28)8-9-20(19)29)35-13-22-23(14-35)36(6-2)26(31-22)25-30-16(3)33-34(25)4/h8-9,11,18,21,24H,5-7,10,12-15H2,1-4H3,(H,32,37)/t18-,21+,24-/m1/s1. The monoisotopic (exact) mass is 543 g/mol. The maximum Gasteiger partial charge on any atom is 0.407 e. The molecule has 0 unspecified atom stereocenters. The lowest BCUT2D eigenvalue weighted by Gasteiger charge is -2.40. The van der Waals surface area contributed by atoms with Crippen LogP contribution in [0.2, 0.25) is 0 Å². The number of nitrogens with zero attached hydrogens (tertiary/aromatic N) is 6. The molecule has 3 aromatic rings. The molecular formula is C27H35F2N7O3. The molecular weight excluding hydrogens is 508 g/mol. The second kappa shape index (κ2) is 11.4. The average molecular weight is 544 g/mol. The summed E-state index contributed by atoms with van der Waals surface area (Å²) in [5.74, 6) is 1.07. The first-order valence-corrected chi connectivity index (χ1v) is 13.5. The van der Waals surface area contributed by atoms with Crippen molar-refractivity contribution < 1.29 is 23.0 Å². The summed E-state index contributed by atoms with van der Waals surface area (Å²) in [4.78, 5) is 24.3. The zero-order valence-electron chi connectivity index (χ0n) is 22.8. The summed E-state index contributed by atoms with van der Waals surface area (Å²) < 4.78 is 44.1. The van der Waals surface area contributed by atoms with Gasteiger partial charge < -0.3 is 19.4 Å². The number of hydrogen-bond acceptors (Lipinski definition) is 7. The largest absolute Gasteiger partial charge is 0.450 e. The van der Waals surface area contributed by atoms with Crippen molar-refractivity contribution in [1.29, 1.82) is 0 Å². The number of benzene rings is 1. The number of aryl methyl sites for hydroxylation is 2. The van der Waals surface area contributed by atoms with E-state index in [0.29, 0.717) is 38.5 Å². The van der Waals surface area contributed by atoms with Crippen LogP contribution in [0, 0.1) is 18.6 Å². The van der Waals surface area contributed by atoms with Crippen molar-refractivity contribution in [3.8, 4) is 11.6 Å². The molecule has 5 rings (SSSR count). The Morgan fingerprint density at radius 1 is 1.21 bits per heavy atom. The minimum absolute atomic E-state index is 0.0705. The van der Waals surface area contributed by atoms with Crippen LogP contribution >= 0.6 is 0 Å². The van der Waals surface area contributed by atoms with Crippen LogP contribution in [-0.4, -0.2) is 60.6 Å². The summed E-state index contributed by atoms with van der Waals surface area (Å²) in [6, 6.07) is 2.61. The topological polar surface area (TPSA) is 99.3 Å². The molecule has 0 bridgehead atoms. The third kappa shape index (κ3) is 5.53. The van der Waals surface area contributed by atoms with Crippen molar-refractivity contribution >= 4 is 6.09 Å². The Morgan fingerprint density at radius 3 is 2.74 bits per heavy atom. The average Bonchev–Trinajstić information content (AvgIpc) is 3.57. The Bertz CT molecular complexity index is 1340. The van der Waals surface area contributed by atoms with Crippen LogP contribution < -0.4 is 5.32 Å². The van der Waals surface area contributed by atoms with Crippen molar-refractivity contribution in [1.82, 2.24) is 34.5 Å². The second-order valence-corrected chi connectivity index (χ2v) is 10.1. The zero-order chi connectivity index (χ0) is 27.7. The zero-order valence-corrected chi connectivity index (χ0v) is 22.8. The van der Waals surface area contributed by atoms with Crippen LogP contribution in [0.4, 0.5) is 13.6 Å². The molecule has 210 valence electrons. The molecule has 1 saturated heterocycles. The predicted molar refractivity (Wildman–Crippen MR) is 139 cm³/mol. The molecule has 1 N–H and O–H groups in total. The van der Waals surface area contributed by atoms with E-state index in [0.717, 1.165) is 60.6 Å². The summed E-state index contributed by atoms with van der Waals surface area (Å²) in [6.07, 6.45) is 0.686. The van der Waals surface area contributed by atoms with Gasteiger partial charge in [-0.05, 0) is 44.9 Å². The lowest BCUT2D eigenvalue weighted by molar-refractivity contribution is -0.0610. The van der Waals surface area contributed by atoms with E-state index in [1.807, 2.05) is 20.9 Å². The number of rotatable bonds is 8. The molecule has 10 nitrogen and oxygen atoms in total. The molecule has 0 saturated carbocycles. The van der Waals surface area contributed by atoms with E-state index in [2.05, 4.69) is 31.8 Å². The fraction of sp³-hybridized carbons (Fsp3) is 0.556. The van der Waals surface area contributed by atoms with E-state index < -0.39 is 29.9 Å². The normalized spacial score (nSPS) is 21.2. The third-order valence-electron chi connectivity index (χ3n) is 7.42. The van der Waals surface area contributed by atoms with Crippen LogP contribution in [0.15, 0.2) is 18.2 Å². The number of fused-ring (bicyclic) bond motifs is 1. The number of aromatic nitrogens is 5. The smallest absolute Gasteiger partial charge is 0.407 e. The third-order valence-corrected chi connectivity index (χ3v) is 7.42. The van der Waals surface area contributed by atoms with Crippen molar-refractivity contribution in [2.75, 3.05) is 13.2 Å². The van der Waals surface area contributed by atoms with E-state index in [1.165, 1.54) is 0 Å². The van der Waals surface area contributed by atoms with E-state index in [-0.39, 0.29) is 11.6 Å². The van der Waals surface area contributed by atoms with Gasteiger partial charge in [-0.25, -0.2) is 28.2 Å². The number of halogens is 2. The van der Waals surface area contributed by atoms with Crippen LogP contribution in [0.5, 0.6) is 0 Å². The van der Waals surface area contributed by atoms with Crippen LogP contribution in [0.25, 0.3) is 11.6 Å². The van der Waals surface area contributed by atoms with Gasteiger partial charge in [-0.1, -0.05) is 13.3 Å². The lowest BCUT2D eigenvalue weighted by Crippen LogP contribution is -2.51. The maximum atomic E-state index is 14.7. The fourth-order valence-corrected chi connectivity index (χ4v) is 5.50. The number of alkyl carbamates (subject to hydrolysis) is 1. The van der Waals surface area contributed by atoms with Gasteiger partial charge in [-0.2, -0.15) is 5.10 Å². The van der Waals surface area contributed by atoms with Gasteiger partial charge in [0, 0.05) is 38.3 Å². The maximum absolute atomic E-state index is 14.7. The number of amides is 1.